The van der Waals surface area contributed by atoms with Gasteiger partial charge in [0.05, 0.1) is 10.7 Å². The van der Waals surface area contributed by atoms with Crippen LogP contribution in [0.1, 0.15) is 50.2 Å². The molecule has 1 aromatic heterocycles. The van der Waals surface area contributed by atoms with Crippen molar-refractivity contribution < 1.29 is 0 Å². The second kappa shape index (κ2) is 6.82. The van der Waals surface area contributed by atoms with Crippen LogP contribution < -0.4 is 5.32 Å². The van der Waals surface area contributed by atoms with E-state index in [1.54, 1.807) is 0 Å². The average Bonchev–Trinajstić information content (AvgIpc) is 2.87. The van der Waals surface area contributed by atoms with E-state index >= 15 is 0 Å². The topological polar surface area (TPSA) is 28.2 Å². The summed E-state index contributed by atoms with van der Waals surface area (Å²) in [4.78, 5) is 7.43. The van der Waals surface area contributed by atoms with Gasteiger partial charge in [0, 0.05) is 29.8 Å². The Hall–Kier alpha value is -0.450. The standard InChI is InChI=1S/C15H27N3S/c1-11(2)18-7-5-13(6-8-18)15-17-14(10-19-15)9-12(3)16-4/h10-13,16H,5-9H2,1-4H3. The number of aromatic nitrogens is 1. The van der Waals surface area contributed by atoms with Gasteiger partial charge >= 0.3 is 0 Å². The molecule has 3 nitrogen and oxygen atoms in total. The van der Waals surface area contributed by atoms with Gasteiger partial charge in [-0.05, 0) is 53.8 Å². The van der Waals surface area contributed by atoms with E-state index in [-0.39, 0.29) is 0 Å². The molecule has 108 valence electrons. The summed E-state index contributed by atoms with van der Waals surface area (Å²) in [6.07, 6.45) is 3.58. The molecule has 1 atom stereocenters. The third kappa shape index (κ3) is 4.01. The molecule has 0 saturated carbocycles. The summed E-state index contributed by atoms with van der Waals surface area (Å²) >= 11 is 1.86. The van der Waals surface area contributed by atoms with Crippen LogP contribution in [0.3, 0.4) is 0 Å². The van der Waals surface area contributed by atoms with Gasteiger partial charge in [-0.25, -0.2) is 4.98 Å². The molecule has 1 unspecified atom stereocenters. The molecule has 0 amide bonds. The zero-order valence-corrected chi connectivity index (χ0v) is 13.5. The van der Waals surface area contributed by atoms with Crippen molar-refractivity contribution in [2.75, 3.05) is 20.1 Å². The van der Waals surface area contributed by atoms with Gasteiger partial charge in [-0.2, -0.15) is 0 Å². The molecule has 0 radical (unpaired) electrons. The van der Waals surface area contributed by atoms with Crippen molar-refractivity contribution in [3.8, 4) is 0 Å². The van der Waals surface area contributed by atoms with Gasteiger partial charge < -0.3 is 10.2 Å². The number of nitrogens with zero attached hydrogens (tertiary/aromatic N) is 2. The quantitative estimate of drug-likeness (QED) is 0.899. The van der Waals surface area contributed by atoms with Crippen LogP contribution in [0.5, 0.6) is 0 Å². The molecule has 4 heteroatoms. The largest absolute Gasteiger partial charge is 0.317 e. The maximum Gasteiger partial charge on any atom is 0.0960 e. The monoisotopic (exact) mass is 281 g/mol. The number of likely N-dealkylation sites (N-methyl/N-ethyl adjacent to an activating group) is 1. The number of hydrogen-bond acceptors (Lipinski definition) is 4. The number of nitrogens with one attached hydrogen (secondary N) is 1. The Morgan fingerprint density at radius 2 is 2.05 bits per heavy atom. The molecule has 1 aromatic rings. The maximum atomic E-state index is 4.85. The Labute approximate surface area is 121 Å². The molecular weight excluding hydrogens is 254 g/mol. The molecule has 1 fully saturated rings. The van der Waals surface area contributed by atoms with Crippen LogP contribution in [0.15, 0.2) is 5.38 Å². The SMILES string of the molecule is CNC(C)Cc1csc(C2CCN(C(C)C)CC2)n1. The van der Waals surface area contributed by atoms with Crippen molar-refractivity contribution in [1.29, 1.82) is 0 Å². The van der Waals surface area contributed by atoms with Crippen LogP contribution in [-0.4, -0.2) is 42.1 Å². The lowest BCUT2D eigenvalue weighted by Crippen LogP contribution is -2.37. The lowest BCUT2D eigenvalue weighted by Gasteiger charge is -2.33. The van der Waals surface area contributed by atoms with Crippen molar-refractivity contribution in [3.63, 3.8) is 0 Å². The first-order valence-electron chi connectivity index (χ1n) is 7.45. The lowest BCUT2D eigenvalue weighted by atomic mass is 9.96. The van der Waals surface area contributed by atoms with Gasteiger partial charge in [-0.1, -0.05) is 0 Å². The fourth-order valence-electron chi connectivity index (χ4n) is 2.68. The van der Waals surface area contributed by atoms with Gasteiger partial charge in [0.1, 0.15) is 0 Å². The van der Waals surface area contributed by atoms with Gasteiger partial charge in [0.25, 0.3) is 0 Å². The summed E-state index contributed by atoms with van der Waals surface area (Å²) in [6.45, 7) is 9.25. The van der Waals surface area contributed by atoms with Crippen LogP contribution in [-0.2, 0) is 6.42 Å². The number of hydrogen-bond donors (Lipinski definition) is 1. The molecule has 0 bridgehead atoms. The van der Waals surface area contributed by atoms with E-state index in [2.05, 4.69) is 36.4 Å². The summed E-state index contributed by atoms with van der Waals surface area (Å²) in [5.41, 5.74) is 1.26. The van der Waals surface area contributed by atoms with Crippen LogP contribution in [0.2, 0.25) is 0 Å². The zero-order valence-electron chi connectivity index (χ0n) is 12.6. The number of piperidine rings is 1. The molecule has 1 aliphatic rings. The fourth-order valence-corrected chi connectivity index (χ4v) is 3.69. The van der Waals surface area contributed by atoms with Gasteiger partial charge in [-0.15, -0.1) is 11.3 Å². The molecule has 1 aliphatic heterocycles. The Morgan fingerprint density at radius 1 is 1.37 bits per heavy atom. The Balaban J connectivity index is 1.89. The number of rotatable bonds is 5. The third-order valence-corrected chi connectivity index (χ3v) is 5.24. The maximum absolute atomic E-state index is 4.85. The summed E-state index contributed by atoms with van der Waals surface area (Å²) in [6, 6.07) is 1.20. The number of thiazole rings is 1. The van der Waals surface area contributed by atoms with Crippen LogP contribution in [0.25, 0.3) is 0 Å². The van der Waals surface area contributed by atoms with Crippen molar-refractivity contribution in [2.45, 2.75) is 58.0 Å². The second-order valence-corrected chi connectivity index (χ2v) is 6.86. The first-order chi connectivity index (χ1) is 9.10. The predicted octanol–water partition coefficient (Wildman–Crippen LogP) is 2.88. The van der Waals surface area contributed by atoms with Gasteiger partial charge in [0.15, 0.2) is 0 Å². The molecule has 2 heterocycles. The van der Waals surface area contributed by atoms with E-state index < -0.39 is 0 Å². The third-order valence-electron chi connectivity index (χ3n) is 4.19. The van der Waals surface area contributed by atoms with Crippen LogP contribution >= 0.6 is 11.3 Å². The molecule has 19 heavy (non-hydrogen) atoms. The molecule has 1 saturated heterocycles. The summed E-state index contributed by atoms with van der Waals surface area (Å²) in [5, 5.41) is 6.89. The second-order valence-electron chi connectivity index (χ2n) is 5.97. The summed E-state index contributed by atoms with van der Waals surface area (Å²) < 4.78 is 0. The van der Waals surface area contributed by atoms with Crippen LogP contribution in [0.4, 0.5) is 0 Å². The number of likely N-dealkylation sites (tertiary alicyclic amines) is 1. The van der Waals surface area contributed by atoms with Crippen molar-refractivity contribution in [3.05, 3.63) is 16.1 Å². The zero-order chi connectivity index (χ0) is 13.8. The molecule has 2 rings (SSSR count). The average molecular weight is 281 g/mol. The minimum Gasteiger partial charge on any atom is -0.317 e. The Bertz CT molecular complexity index is 380. The highest BCUT2D eigenvalue weighted by Gasteiger charge is 2.24. The molecule has 0 aromatic carbocycles. The molecule has 0 spiro atoms. The predicted molar refractivity (Wildman–Crippen MR) is 83.0 cm³/mol. The summed E-state index contributed by atoms with van der Waals surface area (Å²) in [7, 11) is 2.01. The normalized spacial score (nSPS) is 20.1. The molecular formula is C15H27N3S. The highest BCUT2D eigenvalue weighted by atomic mass is 32.1. The van der Waals surface area contributed by atoms with Crippen molar-refractivity contribution >= 4 is 11.3 Å². The van der Waals surface area contributed by atoms with Gasteiger partial charge in [0.2, 0.25) is 0 Å². The summed E-state index contributed by atoms with van der Waals surface area (Å²) in [5.74, 6) is 0.693. The van der Waals surface area contributed by atoms with Crippen LogP contribution in [0, 0.1) is 0 Å². The van der Waals surface area contributed by atoms with E-state index in [1.165, 1.54) is 36.6 Å². The Morgan fingerprint density at radius 3 is 2.63 bits per heavy atom. The van der Waals surface area contributed by atoms with Crippen molar-refractivity contribution in [2.24, 2.45) is 0 Å². The van der Waals surface area contributed by atoms with E-state index in [9.17, 15) is 0 Å². The smallest absolute Gasteiger partial charge is 0.0960 e. The van der Waals surface area contributed by atoms with Gasteiger partial charge in [-0.3, -0.25) is 0 Å². The highest BCUT2D eigenvalue weighted by Crippen LogP contribution is 2.31. The van der Waals surface area contributed by atoms with Crippen molar-refractivity contribution in [1.82, 2.24) is 15.2 Å². The molecule has 0 aliphatic carbocycles. The van der Waals surface area contributed by atoms with E-state index in [4.69, 9.17) is 4.98 Å². The minimum atomic E-state index is 0.512. The molecule has 1 N–H and O–H groups in total. The first-order valence-corrected chi connectivity index (χ1v) is 8.33. The minimum absolute atomic E-state index is 0.512. The Kier molecular flexibility index (Phi) is 5.37. The first kappa shape index (κ1) is 14.9. The van der Waals surface area contributed by atoms with E-state index in [0.717, 1.165) is 6.42 Å². The van der Waals surface area contributed by atoms with E-state index in [0.29, 0.717) is 18.0 Å². The highest BCUT2D eigenvalue weighted by molar-refractivity contribution is 7.09. The van der Waals surface area contributed by atoms with E-state index in [1.807, 2.05) is 18.4 Å². The fraction of sp³-hybridized carbons (Fsp3) is 0.800. The lowest BCUT2D eigenvalue weighted by molar-refractivity contribution is 0.171.